The smallest absolute Gasteiger partial charge is 0.262 e. The summed E-state index contributed by atoms with van der Waals surface area (Å²) in [7, 11) is 0. The molecule has 0 bridgehead atoms. The van der Waals surface area contributed by atoms with Crippen LogP contribution in [0.5, 0.6) is 5.75 Å². The largest absolute Gasteiger partial charge is 0.484 e. The standard InChI is InChI=1S/C28H30N2O3/c1-19(2)28(32)30-16-15-21-11-14-24(17-25(21)27(30)22-7-5-4-6-8-22)33-18-26(31)29-23-12-9-20(3)10-13-23/h4-14,17,19,27H,15-16,18H2,1-3H3,(H,29,31). The van der Waals surface area contributed by atoms with Crippen LogP contribution in [0.4, 0.5) is 5.69 Å². The van der Waals surface area contributed by atoms with Gasteiger partial charge in [-0.3, -0.25) is 9.59 Å². The molecule has 170 valence electrons. The topological polar surface area (TPSA) is 58.6 Å². The van der Waals surface area contributed by atoms with E-state index < -0.39 is 0 Å². The van der Waals surface area contributed by atoms with Crippen LogP contribution in [0.1, 0.15) is 42.1 Å². The molecule has 0 saturated heterocycles. The van der Waals surface area contributed by atoms with Crippen LogP contribution in [-0.2, 0) is 16.0 Å². The zero-order valence-corrected chi connectivity index (χ0v) is 19.4. The van der Waals surface area contributed by atoms with Gasteiger partial charge in [-0.15, -0.1) is 0 Å². The second-order valence-electron chi connectivity index (χ2n) is 8.81. The molecule has 0 spiro atoms. The highest BCUT2D eigenvalue weighted by Gasteiger charge is 2.33. The first-order chi connectivity index (χ1) is 15.9. The van der Waals surface area contributed by atoms with Crippen molar-refractivity contribution in [3.05, 3.63) is 95.1 Å². The molecule has 1 aliphatic rings. The van der Waals surface area contributed by atoms with Crippen LogP contribution in [0.3, 0.4) is 0 Å². The zero-order valence-electron chi connectivity index (χ0n) is 19.4. The number of carbonyl (C=O) groups excluding carboxylic acids is 2. The number of anilines is 1. The van der Waals surface area contributed by atoms with Gasteiger partial charge in [0.25, 0.3) is 5.91 Å². The van der Waals surface area contributed by atoms with Crippen molar-refractivity contribution in [3.63, 3.8) is 0 Å². The molecule has 2 amide bonds. The van der Waals surface area contributed by atoms with Gasteiger partial charge in [0.2, 0.25) is 5.91 Å². The number of amides is 2. The fourth-order valence-electron chi connectivity index (χ4n) is 4.23. The van der Waals surface area contributed by atoms with Crippen molar-refractivity contribution in [1.82, 2.24) is 4.90 Å². The highest BCUT2D eigenvalue weighted by atomic mass is 16.5. The maximum absolute atomic E-state index is 13.0. The number of carbonyl (C=O) groups is 2. The fraction of sp³-hybridized carbons (Fsp3) is 0.286. The summed E-state index contributed by atoms with van der Waals surface area (Å²) in [5.74, 6) is 0.460. The van der Waals surface area contributed by atoms with E-state index in [1.54, 1.807) is 0 Å². The molecule has 1 unspecified atom stereocenters. The van der Waals surface area contributed by atoms with Crippen molar-refractivity contribution in [3.8, 4) is 5.75 Å². The Hall–Kier alpha value is -3.60. The monoisotopic (exact) mass is 442 g/mol. The Morgan fingerprint density at radius 1 is 1.03 bits per heavy atom. The minimum Gasteiger partial charge on any atom is -0.484 e. The molecule has 0 aliphatic carbocycles. The molecule has 0 fully saturated rings. The van der Waals surface area contributed by atoms with Gasteiger partial charge < -0.3 is 15.0 Å². The first kappa shape index (κ1) is 22.6. The SMILES string of the molecule is Cc1ccc(NC(=O)COc2ccc3c(c2)C(c2ccccc2)N(C(=O)C(C)C)CC3)cc1. The molecule has 5 heteroatoms. The van der Waals surface area contributed by atoms with Crippen LogP contribution in [0.15, 0.2) is 72.8 Å². The Morgan fingerprint density at radius 3 is 2.45 bits per heavy atom. The van der Waals surface area contributed by atoms with E-state index in [9.17, 15) is 9.59 Å². The molecule has 3 aromatic carbocycles. The van der Waals surface area contributed by atoms with Gasteiger partial charge in [0, 0.05) is 18.2 Å². The van der Waals surface area contributed by atoms with Crippen molar-refractivity contribution in [2.75, 3.05) is 18.5 Å². The Morgan fingerprint density at radius 2 is 1.76 bits per heavy atom. The third kappa shape index (κ3) is 5.25. The van der Waals surface area contributed by atoms with Gasteiger partial charge in [0.15, 0.2) is 6.61 Å². The Balaban J connectivity index is 1.55. The van der Waals surface area contributed by atoms with Crippen LogP contribution in [0.2, 0.25) is 0 Å². The predicted octanol–water partition coefficient (Wildman–Crippen LogP) is 5.14. The number of ether oxygens (including phenoxy) is 1. The molecule has 4 rings (SSSR count). The molecule has 1 N–H and O–H groups in total. The Labute approximate surface area is 195 Å². The van der Waals surface area contributed by atoms with Crippen molar-refractivity contribution in [1.29, 1.82) is 0 Å². The van der Waals surface area contributed by atoms with E-state index in [0.29, 0.717) is 12.3 Å². The van der Waals surface area contributed by atoms with Crippen LogP contribution in [0.25, 0.3) is 0 Å². The summed E-state index contributed by atoms with van der Waals surface area (Å²) in [6, 6.07) is 23.5. The second-order valence-corrected chi connectivity index (χ2v) is 8.81. The first-order valence-corrected chi connectivity index (χ1v) is 11.4. The number of hydrogen-bond acceptors (Lipinski definition) is 3. The van der Waals surface area contributed by atoms with E-state index >= 15 is 0 Å². The zero-order chi connectivity index (χ0) is 23.4. The summed E-state index contributed by atoms with van der Waals surface area (Å²) >= 11 is 0. The molecule has 1 atom stereocenters. The van der Waals surface area contributed by atoms with E-state index in [4.69, 9.17) is 4.74 Å². The van der Waals surface area contributed by atoms with Gasteiger partial charge in [-0.05, 0) is 54.3 Å². The number of fused-ring (bicyclic) bond motifs is 1. The summed E-state index contributed by atoms with van der Waals surface area (Å²) in [6.45, 7) is 6.47. The van der Waals surface area contributed by atoms with E-state index in [0.717, 1.165) is 28.8 Å². The van der Waals surface area contributed by atoms with E-state index in [2.05, 4.69) is 23.5 Å². The van der Waals surface area contributed by atoms with E-state index in [1.165, 1.54) is 5.56 Å². The van der Waals surface area contributed by atoms with Gasteiger partial charge in [-0.25, -0.2) is 0 Å². The number of nitrogens with zero attached hydrogens (tertiary/aromatic N) is 1. The maximum Gasteiger partial charge on any atom is 0.262 e. The lowest BCUT2D eigenvalue weighted by atomic mass is 9.87. The normalized spacial score (nSPS) is 15.2. The first-order valence-electron chi connectivity index (χ1n) is 11.4. The summed E-state index contributed by atoms with van der Waals surface area (Å²) in [5, 5.41) is 2.85. The van der Waals surface area contributed by atoms with Gasteiger partial charge in [-0.1, -0.05) is 67.9 Å². The summed E-state index contributed by atoms with van der Waals surface area (Å²) in [6.07, 6.45) is 0.797. The van der Waals surface area contributed by atoms with Gasteiger partial charge in [0.05, 0.1) is 6.04 Å². The van der Waals surface area contributed by atoms with E-state index in [-0.39, 0.29) is 30.4 Å². The molecule has 0 aromatic heterocycles. The summed E-state index contributed by atoms with van der Waals surface area (Å²) < 4.78 is 5.84. The van der Waals surface area contributed by atoms with Crippen LogP contribution < -0.4 is 10.1 Å². The van der Waals surface area contributed by atoms with Crippen LogP contribution >= 0.6 is 0 Å². The molecule has 5 nitrogen and oxygen atoms in total. The second kappa shape index (κ2) is 9.90. The van der Waals surface area contributed by atoms with Crippen LogP contribution in [0, 0.1) is 12.8 Å². The number of benzene rings is 3. The van der Waals surface area contributed by atoms with Crippen LogP contribution in [-0.4, -0.2) is 29.9 Å². The summed E-state index contributed by atoms with van der Waals surface area (Å²) in [4.78, 5) is 27.4. The maximum atomic E-state index is 13.0. The summed E-state index contributed by atoms with van der Waals surface area (Å²) in [5.41, 5.74) is 5.20. The minimum absolute atomic E-state index is 0.0809. The molecule has 1 heterocycles. The molecule has 33 heavy (non-hydrogen) atoms. The van der Waals surface area contributed by atoms with Gasteiger partial charge >= 0.3 is 0 Å². The average molecular weight is 443 g/mol. The van der Waals surface area contributed by atoms with Crippen molar-refractivity contribution < 1.29 is 14.3 Å². The lowest BCUT2D eigenvalue weighted by molar-refractivity contribution is -0.136. The molecule has 3 aromatic rings. The number of nitrogens with one attached hydrogen (secondary N) is 1. The number of hydrogen-bond donors (Lipinski definition) is 1. The highest BCUT2D eigenvalue weighted by Crippen LogP contribution is 2.37. The lowest BCUT2D eigenvalue weighted by Gasteiger charge is -2.39. The van der Waals surface area contributed by atoms with Gasteiger partial charge in [-0.2, -0.15) is 0 Å². The molecule has 0 saturated carbocycles. The quantitative estimate of drug-likeness (QED) is 0.575. The average Bonchev–Trinajstić information content (AvgIpc) is 2.83. The third-order valence-electron chi connectivity index (χ3n) is 5.94. The predicted molar refractivity (Wildman–Crippen MR) is 130 cm³/mol. The number of rotatable bonds is 6. The van der Waals surface area contributed by atoms with E-state index in [1.807, 2.05) is 80.3 Å². The number of aryl methyl sites for hydroxylation is 1. The molecular weight excluding hydrogens is 412 g/mol. The van der Waals surface area contributed by atoms with Crippen molar-refractivity contribution >= 4 is 17.5 Å². The van der Waals surface area contributed by atoms with Gasteiger partial charge in [0.1, 0.15) is 5.75 Å². The Bertz CT molecular complexity index is 1120. The highest BCUT2D eigenvalue weighted by molar-refractivity contribution is 5.91. The molecule has 0 radical (unpaired) electrons. The van der Waals surface area contributed by atoms with Crippen molar-refractivity contribution in [2.24, 2.45) is 5.92 Å². The molecule has 1 aliphatic heterocycles. The lowest BCUT2D eigenvalue weighted by Crippen LogP contribution is -2.42. The molecular formula is C28H30N2O3. The third-order valence-corrected chi connectivity index (χ3v) is 5.94. The van der Waals surface area contributed by atoms with Crippen molar-refractivity contribution in [2.45, 2.75) is 33.2 Å². The minimum atomic E-state index is -0.215. The Kier molecular flexibility index (Phi) is 6.78. The fourth-order valence-corrected chi connectivity index (χ4v) is 4.23.